The lowest BCUT2D eigenvalue weighted by Crippen LogP contribution is -2.30. The highest BCUT2D eigenvalue weighted by molar-refractivity contribution is 7.80. The van der Waals surface area contributed by atoms with Gasteiger partial charge in [0.1, 0.15) is 5.75 Å². The molecule has 24 heavy (non-hydrogen) atoms. The van der Waals surface area contributed by atoms with E-state index in [0.717, 1.165) is 24.4 Å². The van der Waals surface area contributed by atoms with E-state index < -0.39 is 0 Å². The Kier molecular flexibility index (Phi) is 6.62. The molecule has 0 aliphatic carbocycles. The van der Waals surface area contributed by atoms with Gasteiger partial charge in [-0.2, -0.15) is 0 Å². The van der Waals surface area contributed by atoms with Crippen LogP contribution in [0, 0.1) is 20.8 Å². The van der Waals surface area contributed by atoms with E-state index in [1.54, 1.807) is 0 Å². The van der Waals surface area contributed by atoms with Gasteiger partial charge in [-0.15, -0.1) is 0 Å². The molecule has 0 aromatic heterocycles. The van der Waals surface area contributed by atoms with Gasteiger partial charge < -0.3 is 15.4 Å². The van der Waals surface area contributed by atoms with Crippen molar-refractivity contribution in [1.29, 1.82) is 0 Å². The molecule has 0 saturated heterocycles. The zero-order chi connectivity index (χ0) is 17.5. The number of anilines is 1. The van der Waals surface area contributed by atoms with Crippen molar-refractivity contribution < 1.29 is 4.74 Å². The molecule has 0 aliphatic rings. The molecule has 128 valence electrons. The van der Waals surface area contributed by atoms with Gasteiger partial charge in [-0.3, -0.25) is 0 Å². The quantitative estimate of drug-likeness (QED) is 0.755. The van der Waals surface area contributed by atoms with E-state index in [1.807, 2.05) is 19.1 Å². The molecule has 0 atom stereocenters. The third-order valence-corrected chi connectivity index (χ3v) is 4.27. The summed E-state index contributed by atoms with van der Waals surface area (Å²) in [6, 6.07) is 12.5. The van der Waals surface area contributed by atoms with E-state index in [2.05, 4.69) is 55.7 Å². The highest BCUT2D eigenvalue weighted by atomic mass is 32.1. The van der Waals surface area contributed by atoms with E-state index in [1.165, 1.54) is 22.3 Å². The standard InChI is InChI=1S/C20H26N2OS/c1-5-23-18-8-6-17(7-9-18)10-11-21-20(24)22-19-13-15(3)14(2)12-16(19)4/h6-9,12-13H,5,10-11H2,1-4H3,(H2,21,22,24). The minimum absolute atomic E-state index is 0.660. The van der Waals surface area contributed by atoms with E-state index in [-0.39, 0.29) is 0 Å². The van der Waals surface area contributed by atoms with Crippen LogP contribution in [0.15, 0.2) is 36.4 Å². The van der Waals surface area contributed by atoms with Crippen LogP contribution in [0.25, 0.3) is 0 Å². The molecule has 4 heteroatoms. The number of ether oxygens (including phenoxy) is 1. The number of rotatable bonds is 6. The minimum Gasteiger partial charge on any atom is -0.494 e. The summed E-state index contributed by atoms with van der Waals surface area (Å²) < 4.78 is 5.45. The Hall–Kier alpha value is -2.07. The first kappa shape index (κ1) is 18.3. The van der Waals surface area contributed by atoms with Crippen LogP contribution in [0.2, 0.25) is 0 Å². The van der Waals surface area contributed by atoms with Gasteiger partial charge in [-0.05, 0) is 86.8 Å². The summed E-state index contributed by atoms with van der Waals surface area (Å²) in [5.74, 6) is 0.914. The predicted octanol–water partition coefficient (Wildman–Crippen LogP) is 4.54. The molecule has 0 bridgehead atoms. The van der Waals surface area contributed by atoms with Gasteiger partial charge in [0, 0.05) is 12.2 Å². The Morgan fingerprint density at radius 3 is 2.33 bits per heavy atom. The van der Waals surface area contributed by atoms with Crippen molar-refractivity contribution in [2.24, 2.45) is 0 Å². The van der Waals surface area contributed by atoms with Crippen LogP contribution in [-0.2, 0) is 6.42 Å². The molecule has 2 aromatic carbocycles. The van der Waals surface area contributed by atoms with E-state index in [9.17, 15) is 0 Å². The first-order valence-corrected chi connectivity index (χ1v) is 8.75. The third kappa shape index (κ3) is 5.24. The fourth-order valence-electron chi connectivity index (χ4n) is 2.50. The van der Waals surface area contributed by atoms with Crippen LogP contribution in [0.1, 0.15) is 29.2 Å². The third-order valence-electron chi connectivity index (χ3n) is 4.02. The summed E-state index contributed by atoms with van der Waals surface area (Å²) in [7, 11) is 0. The van der Waals surface area contributed by atoms with E-state index >= 15 is 0 Å². The smallest absolute Gasteiger partial charge is 0.170 e. The van der Waals surface area contributed by atoms with Crippen molar-refractivity contribution >= 4 is 23.0 Å². The number of hydrogen-bond donors (Lipinski definition) is 2. The lowest BCUT2D eigenvalue weighted by molar-refractivity contribution is 0.340. The molecule has 0 heterocycles. The van der Waals surface area contributed by atoms with Crippen molar-refractivity contribution in [3.63, 3.8) is 0 Å². The van der Waals surface area contributed by atoms with Crippen molar-refractivity contribution in [2.75, 3.05) is 18.5 Å². The van der Waals surface area contributed by atoms with Gasteiger partial charge in [-0.1, -0.05) is 18.2 Å². The first-order valence-electron chi connectivity index (χ1n) is 8.34. The normalized spacial score (nSPS) is 10.3. The predicted molar refractivity (Wildman–Crippen MR) is 106 cm³/mol. The summed E-state index contributed by atoms with van der Waals surface area (Å²) in [4.78, 5) is 0. The summed E-state index contributed by atoms with van der Waals surface area (Å²) >= 11 is 5.40. The van der Waals surface area contributed by atoms with Crippen LogP contribution in [0.4, 0.5) is 5.69 Å². The zero-order valence-corrected chi connectivity index (χ0v) is 15.7. The Balaban J connectivity index is 1.82. The minimum atomic E-state index is 0.660. The maximum Gasteiger partial charge on any atom is 0.170 e. The molecule has 0 radical (unpaired) electrons. The first-order chi connectivity index (χ1) is 11.5. The van der Waals surface area contributed by atoms with Crippen LogP contribution in [-0.4, -0.2) is 18.3 Å². The average Bonchev–Trinajstić information content (AvgIpc) is 2.54. The Morgan fingerprint density at radius 2 is 1.67 bits per heavy atom. The second-order valence-corrected chi connectivity index (χ2v) is 6.37. The largest absolute Gasteiger partial charge is 0.494 e. The molecule has 0 aliphatic heterocycles. The number of hydrogen-bond acceptors (Lipinski definition) is 2. The van der Waals surface area contributed by atoms with Gasteiger partial charge in [0.2, 0.25) is 0 Å². The second-order valence-electron chi connectivity index (χ2n) is 5.96. The maximum atomic E-state index is 5.45. The molecular weight excluding hydrogens is 316 g/mol. The fraction of sp³-hybridized carbons (Fsp3) is 0.350. The lowest BCUT2D eigenvalue weighted by Gasteiger charge is -2.14. The van der Waals surface area contributed by atoms with Gasteiger partial charge in [0.25, 0.3) is 0 Å². The van der Waals surface area contributed by atoms with E-state index in [4.69, 9.17) is 17.0 Å². The molecule has 3 nitrogen and oxygen atoms in total. The van der Waals surface area contributed by atoms with Gasteiger partial charge in [0.05, 0.1) is 6.61 Å². The Labute approximate surface area is 150 Å². The maximum absolute atomic E-state index is 5.45. The summed E-state index contributed by atoms with van der Waals surface area (Å²) in [5.41, 5.74) is 6.09. The molecule has 2 rings (SSSR count). The van der Waals surface area contributed by atoms with Crippen molar-refractivity contribution in [3.05, 3.63) is 58.7 Å². The molecular formula is C20H26N2OS. The van der Waals surface area contributed by atoms with Crippen LogP contribution >= 0.6 is 12.2 Å². The topological polar surface area (TPSA) is 33.3 Å². The van der Waals surface area contributed by atoms with Gasteiger partial charge in [0.15, 0.2) is 5.11 Å². The van der Waals surface area contributed by atoms with Gasteiger partial charge >= 0.3 is 0 Å². The highest BCUT2D eigenvalue weighted by Crippen LogP contribution is 2.20. The van der Waals surface area contributed by atoms with Crippen LogP contribution < -0.4 is 15.4 Å². The van der Waals surface area contributed by atoms with Crippen LogP contribution in [0.3, 0.4) is 0 Å². The van der Waals surface area contributed by atoms with Crippen molar-refractivity contribution in [2.45, 2.75) is 34.1 Å². The molecule has 0 amide bonds. The van der Waals surface area contributed by atoms with Crippen LogP contribution in [0.5, 0.6) is 5.75 Å². The number of aryl methyl sites for hydroxylation is 3. The van der Waals surface area contributed by atoms with Crippen molar-refractivity contribution in [1.82, 2.24) is 5.32 Å². The highest BCUT2D eigenvalue weighted by Gasteiger charge is 2.04. The zero-order valence-electron chi connectivity index (χ0n) is 14.9. The Bertz CT molecular complexity index is 696. The van der Waals surface area contributed by atoms with E-state index in [0.29, 0.717) is 11.7 Å². The Morgan fingerprint density at radius 1 is 1.00 bits per heavy atom. The molecule has 0 unspecified atom stereocenters. The fourth-order valence-corrected chi connectivity index (χ4v) is 2.71. The average molecular weight is 343 g/mol. The SMILES string of the molecule is CCOc1ccc(CCNC(=S)Nc2cc(C)c(C)cc2C)cc1. The van der Waals surface area contributed by atoms with Gasteiger partial charge in [-0.25, -0.2) is 0 Å². The molecule has 2 N–H and O–H groups in total. The number of benzene rings is 2. The van der Waals surface area contributed by atoms with Crippen molar-refractivity contribution in [3.8, 4) is 5.75 Å². The summed E-state index contributed by atoms with van der Waals surface area (Å²) in [5, 5.41) is 7.22. The summed E-state index contributed by atoms with van der Waals surface area (Å²) in [6.07, 6.45) is 0.917. The number of nitrogens with one attached hydrogen (secondary N) is 2. The monoisotopic (exact) mass is 342 g/mol. The molecule has 0 fully saturated rings. The second kappa shape index (κ2) is 8.69. The molecule has 0 saturated carbocycles. The molecule has 2 aromatic rings. The lowest BCUT2D eigenvalue weighted by atomic mass is 10.1. The molecule has 0 spiro atoms. The number of thiocarbonyl (C=S) groups is 1. The summed E-state index contributed by atoms with van der Waals surface area (Å²) in [6.45, 7) is 9.81.